The third-order valence-corrected chi connectivity index (χ3v) is 9.30. The largest absolute Gasteiger partial charge is 0.494 e. The normalized spacial score (nSPS) is 14.3. The molecule has 0 spiro atoms. The van der Waals surface area contributed by atoms with Crippen molar-refractivity contribution < 1.29 is 9.47 Å². The molecule has 1 aliphatic rings. The Morgan fingerprint density at radius 1 is 0.651 bits per heavy atom. The quantitative estimate of drug-likeness (QED) is 0.124. The molecule has 43 heavy (non-hydrogen) atoms. The van der Waals surface area contributed by atoms with Crippen LogP contribution in [0.2, 0.25) is 0 Å². The van der Waals surface area contributed by atoms with Crippen LogP contribution in [0, 0.1) is 0 Å². The standard InChI is InChI=1S/C36H38O2.C4H4S/c1-3-5-22-37-26-15-17-34-35(24-26)33(20-21-36(34)38-23-6-4-2)29-13-9-12-28-31-16-14-25-10-7-8-11-27(25)30(31)18-19-32(28)29;1-2-4-5-3-1/h7-8,10-11,14-21,24,29H,3-6,9,12-13,22-23H2,1-2H3;1-4H. The van der Waals surface area contributed by atoms with Crippen molar-refractivity contribution >= 4 is 43.7 Å². The second kappa shape index (κ2) is 14.1. The highest BCUT2D eigenvalue weighted by molar-refractivity contribution is 7.07. The molecule has 3 heteroatoms. The van der Waals surface area contributed by atoms with Crippen molar-refractivity contribution in [3.05, 3.63) is 118 Å². The molecule has 0 aliphatic heterocycles. The summed E-state index contributed by atoms with van der Waals surface area (Å²) < 4.78 is 12.4. The van der Waals surface area contributed by atoms with Crippen LogP contribution in [0.25, 0.3) is 32.3 Å². The van der Waals surface area contributed by atoms with Crippen LogP contribution >= 0.6 is 11.3 Å². The molecular weight excluding hydrogens is 545 g/mol. The summed E-state index contributed by atoms with van der Waals surface area (Å²) in [6.07, 6.45) is 7.92. The molecule has 0 saturated carbocycles. The lowest BCUT2D eigenvalue weighted by atomic mass is 9.75. The summed E-state index contributed by atoms with van der Waals surface area (Å²) in [4.78, 5) is 0. The highest BCUT2D eigenvalue weighted by Crippen LogP contribution is 2.45. The van der Waals surface area contributed by atoms with E-state index in [2.05, 4.69) is 92.7 Å². The van der Waals surface area contributed by atoms with Gasteiger partial charge in [-0.05, 0) is 111 Å². The van der Waals surface area contributed by atoms with Crippen LogP contribution in [0.1, 0.15) is 75.0 Å². The van der Waals surface area contributed by atoms with Gasteiger partial charge in [0.15, 0.2) is 0 Å². The highest BCUT2D eigenvalue weighted by atomic mass is 32.1. The second-order valence-corrected chi connectivity index (χ2v) is 12.3. The van der Waals surface area contributed by atoms with E-state index in [4.69, 9.17) is 9.47 Å². The summed E-state index contributed by atoms with van der Waals surface area (Å²) >= 11 is 1.71. The topological polar surface area (TPSA) is 18.5 Å². The van der Waals surface area contributed by atoms with E-state index in [0.717, 1.165) is 63.2 Å². The molecule has 220 valence electrons. The Kier molecular flexibility index (Phi) is 9.60. The third kappa shape index (κ3) is 6.43. The number of benzene rings is 5. The molecule has 0 radical (unpaired) electrons. The molecule has 0 bridgehead atoms. The minimum atomic E-state index is 0.368. The predicted molar refractivity (Wildman–Crippen MR) is 185 cm³/mol. The number of ether oxygens (including phenoxy) is 2. The van der Waals surface area contributed by atoms with Crippen molar-refractivity contribution in [1.29, 1.82) is 0 Å². The molecule has 0 amide bonds. The molecule has 0 N–H and O–H groups in total. The molecule has 5 aromatic carbocycles. The van der Waals surface area contributed by atoms with Crippen LogP contribution < -0.4 is 9.47 Å². The van der Waals surface area contributed by atoms with Crippen LogP contribution in [-0.2, 0) is 6.42 Å². The first kappa shape index (κ1) is 29.3. The van der Waals surface area contributed by atoms with Gasteiger partial charge in [-0.3, -0.25) is 0 Å². The first-order chi connectivity index (χ1) is 21.3. The van der Waals surface area contributed by atoms with Crippen molar-refractivity contribution in [2.75, 3.05) is 13.2 Å². The van der Waals surface area contributed by atoms with Gasteiger partial charge in [-0.2, -0.15) is 11.3 Å². The number of thiophene rings is 1. The molecule has 2 nitrogen and oxygen atoms in total. The Morgan fingerprint density at radius 3 is 2.19 bits per heavy atom. The van der Waals surface area contributed by atoms with E-state index in [1.807, 2.05) is 22.9 Å². The predicted octanol–water partition coefficient (Wildman–Crippen LogP) is 11.7. The van der Waals surface area contributed by atoms with Gasteiger partial charge in [0, 0.05) is 11.3 Å². The Bertz CT molecular complexity index is 1770. The number of unbranched alkanes of at least 4 members (excludes halogenated alkanes) is 2. The molecule has 1 aliphatic carbocycles. The summed E-state index contributed by atoms with van der Waals surface area (Å²) in [5.74, 6) is 2.31. The molecular formula is C40H42O2S. The van der Waals surface area contributed by atoms with Crippen molar-refractivity contribution in [3.8, 4) is 11.5 Å². The van der Waals surface area contributed by atoms with Gasteiger partial charge < -0.3 is 9.47 Å². The van der Waals surface area contributed by atoms with Gasteiger partial charge >= 0.3 is 0 Å². The van der Waals surface area contributed by atoms with E-state index in [9.17, 15) is 0 Å². The van der Waals surface area contributed by atoms with Gasteiger partial charge in [0.2, 0.25) is 0 Å². The Balaban J connectivity index is 0.000000599. The zero-order chi connectivity index (χ0) is 29.4. The first-order valence-corrected chi connectivity index (χ1v) is 17.0. The van der Waals surface area contributed by atoms with Crippen molar-refractivity contribution in [3.63, 3.8) is 0 Å². The number of hydrogen-bond acceptors (Lipinski definition) is 3. The average Bonchev–Trinajstić information content (AvgIpc) is 3.65. The minimum Gasteiger partial charge on any atom is -0.494 e. The monoisotopic (exact) mass is 586 g/mol. The summed E-state index contributed by atoms with van der Waals surface area (Å²) in [6, 6.07) is 33.3. The Hall–Kier alpha value is -3.82. The summed E-state index contributed by atoms with van der Waals surface area (Å²) in [7, 11) is 0. The smallest absolute Gasteiger partial charge is 0.127 e. The molecule has 0 saturated heterocycles. The Morgan fingerprint density at radius 2 is 1.40 bits per heavy atom. The van der Waals surface area contributed by atoms with Crippen LogP contribution in [-0.4, -0.2) is 13.2 Å². The lowest BCUT2D eigenvalue weighted by Gasteiger charge is -2.29. The molecule has 1 atom stereocenters. The number of aryl methyl sites for hydroxylation is 1. The van der Waals surface area contributed by atoms with Crippen LogP contribution in [0.15, 0.2) is 102 Å². The van der Waals surface area contributed by atoms with Crippen LogP contribution in [0.4, 0.5) is 0 Å². The van der Waals surface area contributed by atoms with E-state index in [1.165, 1.54) is 55.4 Å². The average molecular weight is 587 g/mol. The molecule has 0 fully saturated rings. The zero-order valence-electron chi connectivity index (χ0n) is 25.5. The zero-order valence-corrected chi connectivity index (χ0v) is 26.3. The fourth-order valence-electron chi connectivity index (χ4n) is 6.46. The van der Waals surface area contributed by atoms with Crippen molar-refractivity contribution in [2.24, 2.45) is 0 Å². The fraction of sp³-hybridized carbons (Fsp3) is 0.300. The lowest BCUT2D eigenvalue weighted by molar-refractivity contribution is 0.309. The summed E-state index contributed by atoms with van der Waals surface area (Å²) in [5.41, 5.74) is 4.40. The van der Waals surface area contributed by atoms with Crippen LogP contribution in [0.3, 0.4) is 0 Å². The van der Waals surface area contributed by atoms with Crippen LogP contribution in [0.5, 0.6) is 11.5 Å². The molecule has 6 aromatic rings. The fourth-order valence-corrected chi connectivity index (χ4v) is 6.92. The number of rotatable bonds is 9. The van der Waals surface area contributed by atoms with Gasteiger partial charge in [0.05, 0.1) is 13.2 Å². The summed E-state index contributed by atoms with van der Waals surface area (Å²) in [5, 5.41) is 12.0. The maximum atomic E-state index is 6.27. The summed E-state index contributed by atoms with van der Waals surface area (Å²) in [6.45, 7) is 5.93. The lowest BCUT2D eigenvalue weighted by Crippen LogP contribution is -2.12. The van der Waals surface area contributed by atoms with E-state index in [0.29, 0.717) is 5.92 Å². The van der Waals surface area contributed by atoms with E-state index < -0.39 is 0 Å². The van der Waals surface area contributed by atoms with Gasteiger partial charge in [0.1, 0.15) is 11.5 Å². The van der Waals surface area contributed by atoms with Gasteiger partial charge in [-0.1, -0.05) is 93.4 Å². The minimum absolute atomic E-state index is 0.368. The van der Waals surface area contributed by atoms with E-state index in [1.54, 1.807) is 11.3 Å². The van der Waals surface area contributed by atoms with Crippen molar-refractivity contribution in [2.45, 2.75) is 64.7 Å². The Labute approximate surface area is 260 Å². The SMILES string of the molecule is CCCCOc1ccc2c(OCCCC)ccc(C3CCCc4c3ccc3c4ccc4ccccc43)c2c1.c1ccsc1. The molecule has 1 heterocycles. The van der Waals surface area contributed by atoms with Crippen molar-refractivity contribution in [1.82, 2.24) is 0 Å². The number of fused-ring (bicyclic) bond motifs is 6. The van der Waals surface area contributed by atoms with E-state index in [-0.39, 0.29) is 0 Å². The van der Waals surface area contributed by atoms with Gasteiger partial charge in [-0.15, -0.1) is 0 Å². The maximum Gasteiger partial charge on any atom is 0.127 e. The molecule has 1 aromatic heterocycles. The molecule has 7 rings (SSSR count). The third-order valence-electron chi connectivity index (χ3n) is 8.67. The number of hydrogen-bond donors (Lipinski definition) is 0. The van der Waals surface area contributed by atoms with Gasteiger partial charge in [0.25, 0.3) is 0 Å². The maximum absolute atomic E-state index is 6.27. The molecule has 1 unspecified atom stereocenters. The van der Waals surface area contributed by atoms with Gasteiger partial charge in [-0.25, -0.2) is 0 Å². The second-order valence-electron chi connectivity index (χ2n) is 11.5. The van der Waals surface area contributed by atoms with E-state index >= 15 is 0 Å². The first-order valence-electron chi connectivity index (χ1n) is 16.0. The highest BCUT2D eigenvalue weighted by Gasteiger charge is 2.26.